The molecule has 4 nitrogen and oxygen atoms in total. The van der Waals surface area contributed by atoms with E-state index >= 15 is 0 Å². The summed E-state index contributed by atoms with van der Waals surface area (Å²) >= 11 is 9.42. The lowest BCUT2D eigenvalue weighted by atomic mass is 10.2. The third kappa shape index (κ3) is 3.76. The number of thioether (sulfide) groups is 1. The summed E-state index contributed by atoms with van der Waals surface area (Å²) in [4.78, 5) is 17.1. The van der Waals surface area contributed by atoms with Gasteiger partial charge in [0.25, 0.3) is 5.91 Å². The largest absolute Gasteiger partial charge is 0.507 e. The summed E-state index contributed by atoms with van der Waals surface area (Å²) in [5.74, 6) is 0.0291. The number of hydrogen-bond donors (Lipinski definition) is 2. The number of hydrogen-bond acceptors (Lipinski definition) is 4. The predicted octanol–water partition coefficient (Wildman–Crippen LogP) is 4.85. The van der Waals surface area contributed by atoms with Gasteiger partial charge in [-0.25, -0.2) is 4.99 Å². The average Bonchev–Trinajstić information content (AvgIpc) is 2.87. The van der Waals surface area contributed by atoms with Gasteiger partial charge in [0.2, 0.25) is 0 Å². The summed E-state index contributed by atoms with van der Waals surface area (Å²) in [5, 5.41) is 13.5. The lowest BCUT2D eigenvalue weighted by Gasteiger charge is -2.02. The molecule has 0 radical (unpaired) electrons. The van der Waals surface area contributed by atoms with Gasteiger partial charge in [-0.2, -0.15) is 0 Å². The zero-order chi connectivity index (χ0) is 17.3. The maximum atomic E-state index is 12.1. The van der Waals surface area contributed by atoms with E-state index in [0.29, 0.717) is 15.1 Å². The molecule has 7 heteroatoms. The molecule has 122 valence electrons. The van der Waals surface area contributed by atoms with Gasteiger partial charge in [0.05, 0.1) is 14.2 Å². The first-order valence-corrected chi connectivity index (χ1v) is 9.24. The first-order valence-electron chi connectivity index (χ1n) is 6.97. The van der Waals surface area contributed by atoms with Crippen LogP contribution in [0.1, 0.15) is 11.1 Å². The van der Waals surface area contributed by atoms with Crippen molar-refractivity contribution in [2.24, 2.45) is 4.99 Å². The Labute approximate surface area is 162 Å². The standard InChI is InChI=1S/C17H12ClIN2O2S/c1-9-11(18)3-2-4-13(9)20-17-21-16(23)15(24-17)8-10-5-6-14(22)12(19)7-10/h2-8,22H,1H3,(H,20,21,23). The molecule has 1 fully saturated rings. The molecule has 1 aliphatic heterocycles. The van der Waals surface area contributed by atoms with E-state index in [4.69, 9.17) is 11.6 Å². The Morgan fingerprint density at radius 1 is 1.33 bits per heavy atom. The smallest absolute Gasteiger partial charge is 0.264 e. The minimum Gasteiger partial charge on any atom is -0.507 e. The summed E-state index contributed by atoms with van der Waals surface area (Å²) in [6.07, 6.45) is 1.77. The molecule has 1 heterocycles. The molecule has 0 spiro atoms. The molecule has 1 aliphatic rings. The molecule has 3 rings (SSSR count). The number of amides is 1. The number of aromatic hydroxyl groups is 1. The van der Waals surface area contributed by atoms with Gasteiger partial charge in [-0.05, 0) is 82.7 Å². The van der Waals surface area contributed by atoms with E-state index in [9.17, 15) is 9.90 Å². The van der Waals surface area contributed by atoms with E-state index in [1.54, 1.807) is 24.3 Å². The van der Waals surface area contributed by atoms with Gasteiger partial charge >= 0.3 is 0 Å². The molecule has 0 bridgehead atoms. The third-order valence-electron chi connectivity index (χ3n) is 3.38. The minimum absolute atomic E-state index is 0.193. The summed E-state index contributed by atoms with van der Waals surface area (Å²) in [6.45, 7) is 1.89. The van der Waals surface area contributed by atoms with E-state index in [2.05, 4.69) is 10.3 Å². The molecule has 2 N–H and O–H groups in total. The summed E-state index contributed by atoms with van der Waals surface area (Å²) < 4.78 is 0.730. The highest BCUT2D eigenvalue weighted by Crippen LogP contribution is 2.31. The van der Waals surface area contributed by atoms with Crippen LogP contribution in [0.2, 0.25) is 5.02 Å². The normalized spacial score (nSPS) is 17.5. The highest BCUT2D eigenvalue weighted by atomic mass is 127. The van der Waals surface area contributed by atoms with Gasteiger partial charge in [-0.1, -0.05) is 23.7 Å². The Bertz CT molecular complexity index is 896. The highest BCUT2D eigenvalue weighted by molar-refractivity contribution is 14.1. The Hall–Kier alpha value is -1.51. The van der Waals surface area contributed by atoms with Crippen LogP contribution in [-0.4, -0.2) is 16.2 Å². The Kier molecular flexibility index (Phi) is 5.17. The van der Waals surface area contributed by atoms with E-state index in [1.807, 2.05) is 47.7 Å². The number of carbonyl (C=O) groups excluding carboxylic acids is 1. The second-order valence-electron chi connectivity index (χ2n) is 5.08. The second-order valence-corrected chi connectivity index (χ2v) is 7.68. The quantitative estimate of drug-likeness (QED) is 0.487. The lowest BCUT2D eigenvalue weighted by molar-refractivity contribution is -0.115. The number of nitrogens with one attached hydrogen (secondary N) is 1. The molecule has 1 saturated heterocycles. The molecule has 0 aliphatic carbocycles. The van der Waals surface area contributed by atoms with Crippen LogP contribution in [-0.2, 0) is 4.79 Å². The van der Waals surface area contributed by atoms with Crippen molar-refractivity contribution in [3.63, 3.8) is 0 Å². The van der Waals surface area contributed by atoms with Crippen molar-refractivity contribution in [3.8, 4) is 5.75 Å². The van der Waals surface area contributed by atoms with Crippen LogP contribution in [0.15, 0.2) is 46.3 Å². The first kappa shape index (κ1) is 17.3. The van der Waals surface area contributed by atoms with Gasteiger partial charge in [0.15, 0.2) is 5.17 Å². The molecule has 1 amide bonds. The molecule has 0 aromatic heterocycles. The molecule has 24 heavy (non-hydrogen) atoms. The average molecular weight is 471 g/mol. The number of phenols is 1. The van der Waals surface area contributed by atoms with E-state index < -0.39 is 0 Å². The van der Waals surface area contributed by atoms with Crippen LogP contribution in [0.3, 0.4) is 0 Å². The summed E-state index contributed by atoms with van der Waals surface area (Å²) in [6, 6.07) is 10.7. The van der Waals surface area contributed by atoms with Crippen molar-refractivity contribution < 1.29 is 9.90 Å². The van der Waals surface area contributed by atoms with E-state index in [0.717, 1.165) is 20.4 Å². The van der Waals surface area contributed by atoms with Crippen LogP contribution in [0.5, 0.6) is 5.75 Å². The zero-order valence-electron chi connectivity index (χ0n) is 12.5. The van der Waals surface area contributed by atoms with Crippen molar-refractivity contribution in [1.82, 2.24) is 5.32 Å². The molecule has 2 aromatic carbocycles. The number of nitrogens with zero attached hydrogens (tertiary/aromatic N) is 1. The van der Waals surface area contributed by atoms with Crippen molar-refractivity contribution >= 4 is 68.8 Å². The second kappa shape index (κ2) is 7.16. The monoisotopic (exact) mass is 470 g/mol. The fourth-order valence-electron chi connectivity index (χ4n) is 2.07. The van der Waals surface area contributed by atoms with Crippen LogP contribution in [0.25, 0.3) is 6.08 Å². The summed E-state index contributed by atoms with van der Waals surface area (Å²) in [7, 11) is 0. The van der Waals surface area contributed by atoms with Crippen LogP contribution < -0.4 is 5.32 Å². The Balaban J connectivity index is 1.88. The number of aliphatic imine (C=N–C) groups is 1. The summed E-state index contributed by atoms with van der Waals surface area (Å²) in [5.41, 5.74) is 2.44. The van der Waals surface area contributed by atoms with Crippen LogP contribution in [0, 0.1) is 10.5 Å². The number of phenolic OH excluding ortho intramolecular Hbond substituents is 1. The number of carbonyl (C=O) groups is 1. The Morgan fingerprint density at radius 3 is 2.88 bits per heavy atom. The van der Waals surface area contributed by atoms with Gasteiger partial charge in [-0.3, -0.25) is 4.79 Å². The minimum atomic E-state index is -0.193. The van der Waals surface area contributed by atoms with Gasteiger partial charge in [0, 0.05) is 5.02 Å². The maximum absolute atomic E-state index is 12.1. The van der Waals surface area contributed by atoms with Crippen LogP contribution >= 0.6 is 46.0 Å². The molecule has 0 saturated carbocycles. The molecular weight excluding hydrogens is 459 g/mol. The van der Waals surface area contributed by atoms with Crippen molar-refractivity contribution in [3.05, 3.63) is 61.0 Å². The van der Waals surface area contributed by atoms with Gasteiger partial charge in [0.1, 0.15) is 5.75 Å². The van der Waals surface area contributed by atoms with Crippen molar-refractivity contribution in [2.45, 2.75) is 6.92 Å². The Morgan fingerprint density at radius 2 is 2.12 bits per heavy atom. The van der Waals surface area contributed by atoms with E-state index in [-0.39, 0.29) is 11.7 Å². The third-order valence-corrected chi connectivity index (χ3v) is 5.56. The van der Waals surface area contributed by atoms with Crippen LogP contribution in [0.4, 0.5) is 5.69 Å². The topological polar surface area (TPSA) is 61.7 Å². The number of benzene rings is 2. The molecular formula is C17H12ClIN2O2S. The van der Waals surface area contributed by atoms with Crippen molar-refractivity contribution in [2.75, 3.05) is 0 Å². The number of amidine groups is 1. The zero-order valence-corrected chi connectivity index (χ0v) is 16.2. The molecule has 0 atom stereocenters. The highest BCUT2D eigenvalue weighted by Gasteiger charge is 2.24. The van der Waals surface area contributed by atoms with E-state index in [1.165, 1.54) is 11.8 Å². The fourth-order valence-corrected chi connectivity index (χ4v) is 3.62. The fraction of sp³-hybridized carbons (Fsp3) is 0.0588. The first-order chi connectivity index (χ1) is 11.4. The van der Waals surface area contributed by atoms with Gasteiger partial charge < -0.3 is 10.4 Å². The number of halogens is 2. The SMILES string of the molecule is Cc1c(Cl)cccc1N=C1NC(=O)C(=Cc2ccc(O)c(I)c2)S1. The molecule has 0 unspecified atom stereocenters. The lowest BCUT2D eigenvalue weighted by Crippen LogP contribution is -2.19. The maximum Gasteiger partial charge on any atom is 0.264 e. The van der Waals surface area contributed by atoms with Gasteiger partial charge in [-0.15, -0.1) is 0 Å². The van der Waals surface area contributed by atoms with Crippen molar-refractivity contribution in [1.29, 1.82) is 0 Å². The number of rotatable bonds is 2. The molecule has 2 aromatic rings. The predicted molar refractivity (Wildman–Crippen MR) is 108 cm³/mol.